The lowest BCUT2D eigenvalue weighted by Crippen LogP contribution is -2.20. The Bertz CT molecular complexity index is 674. The average molecular weight is 283 g/mol. The van der Waals surface area contributed by atoms with Gasteiger partial charge < -0.3 is 4.90 Å². The van der Waals surface area contributed by atoms with Crippen molar-refractivity contribution in [2.45, 2.75) is 13.0 Å². The first-order valence-corrected chi connectivity index (χ1v) is 7.60. The van der Waals surface area contributed by atoms with Crippen molar-refractivity contribution in [3.05, 3.63) is 58.7 Å². The van der Waals surface area contributed by atoms with Gasteiger partial charge in [-0.05, 0) is 24.7 Å². The van der Waals surface area contributed by atoms with Crippen LogP contribution in [-0.4, -0.2) is 28.5 Å². The molecule has 0 aliphatic carbocycles. The van der Waals surface area contributed by atoms with Crippen LogP contribution in [0.2, 0.25) is 0 Å². The molecule has 3 rings (SSSR count). The van der Waals surface area contributed by atoms with Crippen molar-refractivity contribution in [3.8, 4) is 0 Å². The highest BCUT2D eigenvalue weighted by atomic mass is 32.1. The topological polar surface area (TPSA) is 29.0 Å². The summed E-state index contributed by atoms with van der Waals surface area (Å²) >= 11 is 1.73. The minimum atomic E-state index is 0.939. The van der Waals surface area contributed by atoms with E-state index in [-0.39, 0.29) is 0 Å². The van der Waals surface area contributed by atoms with E-state index in [4.69, 9.17) is 0 Å². The van der Waals surface area contributed by atoms with Crippen molar-refractivity contribution in [2.75, 3.05) is 13.6 Å². The molecule has 0 aliphatic heterocycles. The van der Waals surface area contributed by atoms with Gasteiger partial charge in [0, 0.05) is 42.7 Å². The van der Waals surface area contributed by atoms with Gasteiger partial charge in [-0.2, -0.15) is 0 Å². The van der Waals surface area contributed by atoms with E-state index in [0.717, 1.165) is 25.0 Å². The van der Waals surface area contributed by atoms with Gasteiger partial charge in [0.2, 0.25) is 0 Å². The first kappa shape index (κ1) is 13.2. The lowest BCUT2D eigenvalue weighted by Gasteiger charge is -2.17. The number of hydrogen-bond donors (Lipinski definition) is 0. The summed E-state index contributed by atoms with van der Waals surface area (Å²) in [6.45, 7) is 1.96. The summed E-state index contributed by atoms with van der Waals surface area (Å²) in [4.78, 5) is 11.1. The van der Waals surface area contributed by atoms with E-state index in [1.165, 1.54) is 16.0 Å². The largest absolute Gasteiger partial charge is 0.302 e. The number of fused-ring (bicyclic) bond motifs is 1. The Kier molecular flexibility index (Phi) is 4.04. The van der Waals surface area contributed by atoms with E-state index in [1.54, 1.807) is 11.3 Å². The van der Waals surface area contributed by atoms with Crippen LogP contribution in [0.4, 0.5) is 0 Å². The van der Waals surface area contributed by atoms with Crippen LogP contribution in [0.3, 0.4) is 0 Å². The van der Waals surface area contributed by atoms with Gasteiger partial charge in [0.1, 0.15) is 0 Å². The van der Waals surface area contributed by atoms with E-state index in [9.17, 15) is 0 Å². The summed E-state index contributed by atoms with van der Waals surface area (Å²) in [5, 5.41) is 4.48. The zero-order valence-corrected chi connectivity index (χ0v) is 12.3. The van der Waals surface area contributed by atoms with Crippen molar-refractivity contribution in [1.29, 1.82) is 0 Å². The van der Waals surface area contributed by atoms with E-state index in [0.29, 0.717) is 0 Å². The number of thiazole rings is 1. The molecule has 0 N–H and O–H groups in total. The molecule has 0 radical (unpaired) electrons. The minimum Gasteiger partial charge on any atom is -0.302 e. The van der Waals surface area contributed by atoms with Crippen molar-refractivity contribution >= 4 is 22.2 Å². The highest BCUT2D eigenvalue weighted by molar-refractivity contribution is 7.09. The number of rotatable bonds is 5. The molecule has 0 amide bonds. The molecule has 3 aromatic rings. The molecule has 2 heterocycles. The van der Waals surface area contributed by atoms with Gasteiger partial charge in [0.05, 0.1) is 10.5 Å². The number of pyridine rings is 1. The molecule has 0 fully saturated rings. The van der Waals surface area contributed by atoms with Crippen LogP contribution in [0.25, 0.3) is 10.9 Å². The van der Waals surface area contributed by atoms with Crippen LogP contribution >= 0.6 is 11.3 Å². The number of nitrogens with zero attached hydrogens (tertiary/aromatic N) is 3. The highest BCUT2D eigenvalue weighted by Crippen LogP contribution is 2.17. The molecule has 2 aromatic heterocycles. The summed E-state index contributed by atoms with van der Waals surface area (Å²) in [5.74, 6) is 0. The molecule has 0 unspecified atom stereocenters. The van der Waals surface area contributed by atoms with Gasteiger partial charge in [-0.15, -0.1) is 11.3 Å². The maximum Gasteiger partial charge on any atom is 0.0937 e. The third kappa shape index (κ3) is 3.03. The Morgan fingerprint density at radius 1 is 1.10 bits per heavy atom. The predicted molar refractivity (Wildman–Crippen MR) is 83.9 cm³/mol. The Morgan fingerprint density at radius 3 is 2.85 bits per heavy atom. The van der Waals surface area contributed by atoms with Crippen LogP contribution < -0.4 is 0 Å². The number of para-hydroxylation sites is 1. The first-order valence-electron chi connectivity index (χ1n) is 6.72. The van der Waals surface area contributed by atoms with Gasteiger partial charge in [0.15, 0.2) is 0 Å². The van der Waals surface area contributed by atoms with Crippen LogP contribution in [0.15, 0.2) is 48.1 Å². The zero-order valence-electron chi connectivity index (χ0n) is 11.5. The zero-order chi connectivity index (χ0) is 13.8. The average Bonchev–Trinajstić information content (AvgIpc) is 2.99. The minimum absolute atomic E-state index is 0.939. The summed E-state index contributed by atoms with van der Waals surface area (Å²) in [6.07, 6.45) is 4.78. The molecular formula is C16H17N3S. The van der Waals surface area contributed by atoms with Crippen molar-refractivity contribution in [2.24, 2.45) is 0 Å². The van der Waals surface area contributed by atoms with Gasteiger partial charge in [-0.1, -0.05) is 18.2 Å². The maximum absolute atomic E-state index is 4.41. The Labute approximate surface area is 122 Å². The third-order valence-electron chi connectivity index (χ3n) is 3.37. The summed E-state index contributed by atoms with van der Waals surface area (Å²) in [5.41, 5.74) is 2.40. The fourth-order valence-electron chi connectivity index (χ4n) is 2.33. The lowest BCUT2D eigenvalue weighted by atomic mass is 10.1. The number of benzene rings is 1. The second-order valence-electron chi connectivity index (χ2n) is 4.90. The second-order valence-corrected chi connectivity index (χ2v) is 5.88. The van der Waals surface area contributed by atoms with Crippen LogP contribution in [0.1, 0.15) is 10.6 Å². The molecule has 0 aliphatic rings. The standard InChI is InChI=1S/C16H17N3S/c1-19(10-7-16-18-9-11-20-16)12-13-6-8-17-15-5-3-2-4-14(13)15/h2-6,8-9,11H,7,10,12H2,1H3. The van der Waals surface area contributed by atoms with E-state index in [1.807, 2.05) is 23.8 Å². The number of aromatic nitrogens is 2. The predicted octanol–water partition coefficient (Wildman–Crippen LogP) is 3.37. The molecule has 1 aromatic carbocycles. The van der Waals surface area contributed by atoms with E-state index >= 15 is 0 Å². The van der Waals surface area contributed by atoms with Crippen LogP contribution in [0.5, 0.6) is 0 Å². The lowest BCUT2D eigenvalue weighted by molar-refractivity contribution is 0.332. The van der Waals surface area contributed by atoms with Crippen LogP contribution in [-0.2, 0) is 13.0 Å². The molecule has 102 valence electrons. The number of hydrogen-bond acceptors (Lipinski definition) is 4. The SMILES string of the molecule is CN(CCc1nccs1)Cc1ccnc2ccccc12. The Hall–Kier alpha value is -1.78. The monoisotopic (exact) mass is 283 g/mol. The molecule has 0 spiro atoms. The maximum atomic E-state index is 4.41. The molecule has 0 saturated carbocycles. The van der Waals surface area contributed by atoms with Crippen molar-refractivity contribution in [3.63, 3.8) is 0 Å². The smallest absolute Gasteiger partial charge is 0.0937 e. The molecule has 20 heavy (non-hydrogen) atoms. The van der Waals surface area contributed by atoms with Gasteiger partial charge in [-0.25, -0.2) is 4.98 Å². The Balaban J connectivity index is 1.69. The molecular weight excluding hydrogens is 266 g/mol. The fraction of sp³-hybridized carbons (Fsp3) is 0.250. The van der Waals surface area contributed by atoms with Crippen molar-refractivity contribution < 1.29 is 0 Å². The summed E-state index contributed by atoms with van der Waals surface area (Å²) < 4.78 is 0. The fourth-order valence-corrected chi connectivity index (χ4v) is 2.94. The quantitative estimate of drug-likeness (QED) is 0.719. The van der Waals surface area contributed by atoms with Gasteiger partial charge in [0.25, 0.3) is 0 Å². The molecule has 0 saturated heterocycles. The molecule has 3 nitrogen and oxygen atoms in total. The Morgan fingerprint density at radius 2 is 2.00 bits per heavy atom. The molecule has 0 bridgehead atoms. The highest BCUT2D eigenvalue weighted by Gasteiger charge is 2.06. The number of likely N-dealkylation sites (N-methyl/N-ethyl adjacent to an activating group) is 1. The molecule has 0 atom stereocenters. The first-order chi connectivity index (χ1) is 9.83. The summed E-state index contributed by atoms with van der Waals surface area (Å²) in [7, 11) is 2.16. The van der Waals surface area contributed by atoms with Gasteiger partial charge in [-0.3, -0.25) is 4.98 Å². The van der Waals surface area contributed by atoms with E-state index in [2.05, 4.69) is 46.2 Å². The molecule has 4 heteroatoms. The van der Waals surface area contributed by atoms with Crippen molar-refractivity contribution in [1.82, 2.24) is 14.9 Å². The third-order valence-corrected chi connectivity index (χ3v) is 4.21. The van der Waals surface area contributed by atoms with Gasteiger partial charge >= 0.3 is 0 Å². The normalized spacial score (nSPS) is 11.3. The second kappa shape index (κ2) is 6.11. The summed E-state index contributed by atoms with van der Waals surface area (Å²) in [6, 6.07) is 10.4. The van der Waals surface area contributed by atoms with E-state index < -0.39 is 0 Å². The van der Waals surface area contributed by atoms with Crippen LogP contribution in [0, 0.1) is 0 Å².